The van der Waals surface area contributed by atoms with E-state index >= 15 is 0 Å². The minimum Gasteiger partial charge on any atom is -0.480 e. The molecule has 0 aliphatic carbocycles. The Bertz CT molecular complexity index is 446. The highest BCUT2D eigenvalue weighted by Crippen LogP contribution is 2.09. The summed E-state index contributed by atoms with van der Waals surface area (Å²) in [5.41, 5.74) is 1.25. The quantitative estimate of drug-likeness (QED) is 0.729. The van der Waals surface area contributed by atoms with Crippen molar-refractivity contribution < 1.29 is 14.7 Å². The first-order chi connectivity index (χ1) is 9.99. The maximum absolute atomic E-state index is 11.5. The van der Waals surface area contributed by atoms with Crippen LogP contribution in [0, 0.1) is 0 Å². The fourth-order valence-corrected chi connectivity index (χ4v) is 2.04. The van der Waals surface area contributed by atoms with E-state index in [1.54, 1.807) is 0 Å². The first-order valence-corrected chi connectivity index (χ1v) is 7.25. The number of carbonyl (C=O) groups excluding carboxylic acids is 1. The summed E-state index contributed by atoms with van der Waals surface area (Å²) >= 11 is 0. The van der Waals surface area contributed by atoms with E-state index in [4.69, 9.17) is 5.11 Å². The van der Waals surface area contributed by atoms with Gasteiger partial charge in [-0.05, 0) is 32.4 Å². The third-order valence-corrected chi connectivity index (χ3v) is 3.24. The van der Waals surface area contributed by atoms with E-state index in [9.17, 15) is 9.59 Å². The zero-order chi connectivity index (χ0) is 15.7. The number of aliphatic carboxylic acids is 1. The van der Waals surface area contributed by atoms with Crippen LogP contribution >= 0.6 is 0 Å². The molecule has 2 N–H and O–H groups in total. The molecule has 1 amide bonds. The third kappa shape index (κ3) is 7.46. The van der Waals surface area contributed by atoms with Crippen molar-refractivity contribution in [2.75, 3.05) is 13.1 Å². The maximum Gasteiger partial charge on any atom is 0.322 e. The van der Waals surface area contributed by atoms with Crippen LogP contribution in [0.15, 0.2) is 30.3 Å². The number of benzene rings is 1. The molecule has 0 spiro atoms. The lowest BCUT2D eigenvalue weighted by Gasteiger charge is -2.26. The Morgan fingerprint density at radius 1 is 1.24 bits per heavy atom. The molecule has 0 bridgehead atoms. The van der Waals surface area contributed by atoms with Gasteiger partial charge in [-0.2, -0.15) is 0 Å². The molecule has 21 heavy (non-hydrogen) atoms. The summed E-state index contributed by atoms with van der Waals surface area (Å²) in [5, 5.41) is 10.9. The molecule has 1 aromatic carbocycles. The highest BCUT2D eigenvalue weighted by Gasteiger charge is 2.11. The van der Waals surface area contributed by atoms with Crippen LogP contribution in [0.3, 0.4) is 0 Å². The number of amides is 1. The van der Waals surface area contributed by atoms with Crippen LogP contribution in [0.2, 0.25) is 0 Å². The van der Waals surface area contributed by atoms with E-state index in [0.717, 1.165) is 19.5 Å². The van der Waals surface area contributed by atoms with Gasteiger partial charge in [0.25, 0.3) is 0 Å². The molecule has 5 heteroatoms. The summed E-state index contributed by atoms with van der Waals surface area (Å²) in [6.07, 6.45) is 1.07. The molecule has 5 nitrogen and oxygen atoms in total. The molecule has 0 radical (unpaired) electrons. The number of hydrogen-bond donors (Lipinski definition) is 2. The number of nitrogens with one attached hydrogen (secondary N) is 1. The average Bonchev–Trinajstić information content (AvgIpc) is 2.45. The molecule has 0 aliphatic heterocycles. The van der Waals surface area contributed by atoms with E-state index in [-0.39, 0.29) is 12.5 Å². The fraction of sp³-hybridized carbons (Fsp3) is 0.500. The minimum atomic E-state index is -1.02. The van der Waals surface area contributed by atoms with Crippen molar-refractivity contribution in [2.24, 2.45) is 0 Å². The predicted octanol–water partition coefficient (Wildman–Crippen LogP) is 1.88. The number of carboxylic acids is 1. The van der Waals surface area contributed by atoms with Crippen LogP contribution in [0.4, 0.5) is 0 Å². The van der Waals surface area contributed by atoms with Gasteiger partial charge in [0.05, 0.1) is 0 Å². The van der Waals surface area contributed by atoms with Crippen LogP contribution in [-0.2, 0) is 16.1 Å². The van der Waals surface area contributed by atoms with E-state index in [1.807, 2.05) is 18.2 Å². The third-order valence-electron chi connectivity index (χ3n) is 3.24. The Morgan fingerprint density at radius 3 is 2.48 bits per heavy atom. The van der Waals surface area contributed by atoms with E-state index in [2.05, 4.69) is 36.2 Å². The van der Waals surface area contributed by atoms with Crippen molar-refractivity contribution in [3.63, 3.8) is 0 Å². The summed E-state index contributed by atoms with van der Waals surface area (Å²) < 4.78 is 0. The molecule has 0 unspecified atom stereocenters. The van der Waals surface area contributed by atoms with Crippen LogP contribution in [0.1, 0.15) is 32.3 Å². The molecule has 0 aromatic heterocycles. The van der Waals surface area contributed by atoms with Crippen LogP contribution in [-0.4, -0.2) is 41.0 Å². The predicted molar refractivity (Wildman–Crippen MR) is 81.9 cm³/mol. The van der Waals surface area contributed by atoms with Gasteiger partial charge in [0.15, 0.2) is 0 Å². The largest absolute Gasteiger partial charge is 0.480 e. The van der Waals surface area contributed by atoms with Crippen molar-refractivity contribution >= 4 is 11.9 Å². The van der Waals surface area contributed by atoms with Gasteiger partial charge in [-0.15, -0.1) is 0 Å². The lowest BCUT2D eigenvalue weighted by atomic mass is 10.1. The second kappa shape index (κ2) is 9.13. The highest BCUT2D eigenvalue weighted by molar-refractivity contribution is 5.80. The normalized spacial score (nSPS) is 10.9. The molecular formula is C16H24N2O3. The first-order valence-electron chi connectivity index (χ1n) is 7.25. The van der Waals surface area contributed by atoms with E-state index in [0.29, 0.717) is 12.5 Å². The monoisotopic (exact) mass is 292 g/mol. The fourth-order valence-electron chi connectivity index (χ4n) is 2.04. The smallest absolute Gasteiger partial charge is 0.322 e. The average molecular weight is 292 g/mol. The van der Waals surface area contributed by atoms with Crippen molar-refractivity contribution in [3.05, 3.63) is 35.9 Å². The molecule has 1 rings (SSSR count). The lowest BCUT2D eigenvalue weighted by Crippen LogP contribution is -2.33. The Morgan fingerprint density at radius 2 is 1.90 bits per heavy atom. The molecule has 0 atom stereocenters. The minimum absolute atomic E-state index is 0.208. The molecule has 0 saturated heterocycles. The summed E-state index contributed by atoms with van der Waals surface area (Å²) in [6.45, 7) is 5.62. The lowest BCUT2D eigenvalue weighted by molar-refractivity contribution is -0.137. The van der Waals surface area contributed by atoms with Gasteiger partial charge in [-0.1, -0.05) is 30.3 Å². The summed E-state index contributed by atoms with van der Waals surface area (Å²) in [4.78, 5) is 24.1. The Balaban J connectivity index is 2.35. The van der Waals surface area contributed by atoms with E-state index < -0.39 is 5.97 Å². The highest BCUT2D eigenvalue weighted by atomic mass is 16.4. The van der Waals surface area contributed by atoms with Gasteiger partial charge in [-0.25, -0.2) is 0 Å². The zero-order valence-electron chi connectivity index (χ0n) is 12.7. The summed E-state index contributed by atoms with van der Waals surface area (Å²) in [7, 11) is 0. The SMILES string of the molecule is CC(C)N(CCCC(=O)NCC(=O)O)Cc1ccccc1. The van der Waals surface area contributed by atoms with Gasteiger partial charge in [0.1, 0.15) is 6.54 Å². The van der Waals surface area contributed by atoms with Gasteiger partial charge in [-0.3, -0.25) is 14.5 Å². The Kier molecular flexibility index (Phi) is 7.46. The van der Waals surface area contributed by atoms with Gasteiger partial charge in [0, 0.05) is 19.0 Å². The molecule has 1 aromatic rings. The maximum atomic E-state index is 11.5. The van der Waals surface area contributed by atoms with Crippen LogP contribution < -0.4 is 5.32 Å². The number of nitrogens with zero attached hydrogens (tertiary/aromatic N) is 1. The number of carboxylic acid groups (broad SMARTS) is 1. The van der Waals surface area contributed by atoms with Gasteiger partial charge < -0.3 is 10.4 Å². The van der Waals surface area contributed by atoms with Crippen LogP contribution in [0.5, 0.6) is 0 Å². The summed E-state index contributed by atoms with van der Waals surface area (Å²) in [5.74, 6) is -1.22. The van der Waals surface area contributed by atoms with Crippen molar-refractivity contribution in [2.45, 2.75) is 39.3 Å². The second-order valence-electron chi connectivity index (χ2n) is 5.32. The van der Waals surface area contributed by atoms with E-state index in [1.165, 1.54) is 5.56 Å². The molecule has 0 fully saturated rings. The molecule has 116 valence electrons. The Hall–Kier alpha value is -1.88. The molecule has 0 heterocycles. The molecule has 0 saturated carbocycles. The first kappa shape index (κ1) is 17.2. The standard InChI is InChI=1S/C16H24N2O3/c1-13(2)18(12-14-7-4-3-5-8-14)10-6-9-15(19)17-11-16(20)21/h3-5,7-8,13H,6,9-12H2,1-2H3,(H,17,19)(H,20,21). The van der Waals surface area contributed by atoms with Crippen LogP contribution in [0.25, 0.3) is 0 Å². The van der Waals surface area contributed by atoms with Crippen molar-refractivity contribution in [3.8, 4) is 0 Å². The van der Waals surface area contributed by atoms with Crippen molar-refractivity contribution in [1.29, 1.82) is 0 Å². The topological polar surface area (TPSA) is 69.6 Å². The molecule has 0 aliphatic rings. The number of rotatable bonds is 9. The number of hydrogen-bond acceptors (Lipinski definition) is 3. The Labute approximate surface area is 126 Å². The second-order valence-corrected chi connectivity index (χ2v) is 5.32. The summed E-state index contributed by atoms with van der Waals surface area (Å²) in [6, 6.07) is 10.6. The van der Waals surface area contributed by atoms with Gasteiger partial charge in [0.2, 0.25) is 5.91 Å². The zero-order valence-corrected chi connectivity index (χ0v) is 12.7. The molecular weight excluding hydrogens is 268 g/mol. The van der Waals surface area contributed by atoms with Gasteiger partial charge >= 0.3 is 5.97 Å². The van der Waals surface area contributed by atoms with Crippen molar-refractivity contribution in [1.82, 2.24) is 10.2 Å². The number of carbonyl (C=O) groups is 2.